The zero-order chi connectivity index (χ0) is 13.9. The second-order valence-corrected chi connectivity index (χ2v) is 6.72. The van der Waals surface area contributed by atoms with E-state index in [9.17, 15) is 0 Å². The molecular formula is C17H22N2S. The fourth-order valence-corrected chi connectivity index (χ4v) is 3.82. The first-order chi connectivity index (χ1) is 9.74. The Morgan fingerprint density at radius 1 is 1.30 bits per heavy atom. The van der Waals surface area contributed by atoms with Gasteiger partial charge in [-0.05, 0) is 61.4 Å². The van der Waals surface area contributed by atoms with Crippen molar-refractivity contribution in [1.82, 2.24) is 4.90 Å². The van der Waals surface area contributed by atoms with Gasteiger partial charge in [0.1, 0.15) is 0 Å². The van der Waals surface area contributed by atoms with Crippen molar-refractivity contribution in [3.05, 3.63) is 51.7 Å². The summed E-state index contributed by atoms with van der Waals surface area (Å²) in [6.07, 6.45) is 4.65. The summed E-state index contributed by atoms with van der Waals surface area (Å²) in [7, 11) is 2.26. The van der Waals surface area contributed by atoms with Crippen molar-refractivity contribution < 1.29 is 0 Å². The van der Waals surface area contributed by atoms with E-state index in [1.54, 1.807) is 0 Å². The Kier molecular flexibility index (Phi) is 4.08. The summed E-state index contributed by atoms with van der Waals surface area (Å²) in [6, 6.07) is 11.4. The Bertz CT molecular complexity index is 562. The summed E-state index contributed by atoms with van der Waals surface area (Å²) in [5.41, 5.74) is 9.88. The molecule has 2 N–H and O–H groups in total. The number of hydrogen-bond donors (Lipinski definition) is 1. The van der Waals surface area contributed by atoms with Crippen LogP contribution < -0.4 is 5.73 Å². The summed E-state index contributed by atoms with van der Waals surface area (Å²) in [5.74, 6) is 0. The maximum absolute atomic E-state index is 6.07. The minimum Gasteiger partial charge on any atom is -0.398 e. The van der Waals surface area contributed by atoms with Crippen molar-refractivity contribution in [3.63, 3.8) is 0 Å². The highest BCUT2D eigenvalue weighted by atomic mass is 32.1. The Labute approximate surface area is 125 Å². The molecule has 2 nitrogen and oxygen atoms in total. The molecule has 1 heterocycles. The molecule has 0 spiro atoms. The molecular weight excluding hydrogens is 264 g/mol. The zero-order valence-electron chi connectivity index (χ0n) is 12.0. The molecule has 0 radical (unpaired) electrons. The standard InChI is InChI=1S/C17H22N2S/c1-19(10-9-15-5-3-11-20-15)14-7-8-16-13(12-14)4-2-6-17(16)18/h2-6,11,14H,7-10,12,18H2,1H3. The molecule has 1 aliphatic carbocycles. The van der Waals surface area contributed by atoms with Gasteiger partial charge in [-0.2, -0.15) is 0 Å². The first-order valence-corrected chi connectivity index (χ1v) is 8.21. The van der Waals surface area contributed by atoms with E-state index in [0.717, 1.165) is 31.5 Å². The number of likely N-dealkylation sites (N-methyl/N-ethyl adjacent to an activating group) is 1. The summed E-state index contributed by atoms with van der Waals surface area (Å²) in [4.78, 5) is 4.00. The minimum absolute atomic E-state index is 0.657. The quantitative estimate of drug-likeness (QED) is 0.873. The molecule has 20 heavy (non-hydrogen) atoms. The van der Waals surface area contributed by atoms with Gasteiger partial charge in [-0.3, -0.25) is 0 Å². The van der Waals surface area contributed by atoms with E-state index in [1.807, 2.05) is 17.4 Å². The second-order valence-electron chi connectivity index (χ2n) is 5.69. The van der Waals surface area contributed by atoms with Crippen molar-refractivity contribution >= 4 is 17.0 Å². The molecule has 106 valence electrons. The molecule has 0 aliphatic heterocycles. The number of anilines is 1. The molecule has 1 aromatic carbocycles. The van der Waals surface area contributed by atoms with E-state index >= 15 is 0 Å². The third-order valence-electron chi connectivity index (χ3n) is 4.41. The third kappa shape index (κ3) is 2.89. The molecule has 0 amide bonds. The maximum atomic E-state index is 6.07. The van der Waals surface area contributed by atoms with Gasteiger partial charge < -0.3 is 10.6 Å². The van der Waals surface area contributed by atoms with Crippen LogP contribution in [0.5, 0.6) is 0 Å². The molecule has 1 aromatic heterocycles. The molecule has 3 rings (SSSR count). The van der Waals surface area contributed by atoms with E-state index in [2.05, 4.69) is 41.6 Å². The van der Waals surface area contributed by atoms with Crippen LogP contribution in [0.2, 0.25) is 0 Å². The first-order valence-electron chi connectivity index (χ1n) is 7.33. The topological polar surface area (TPSA) is 29.3 Å². The van der Waals surface area contributed by atoms with E-state index < -0.39 is 0 Å². The molecule has 1 unspecified atom stereocenters. The Morgan fingerprint density at radius 2 is 2.20 bits per heavy atom. The van der Waals surface area contributed by atoms with Crippen molar-refractivity contribution in [2.45, 2.75) is 31.7 Å². The van der Waals surface area contributed by atoms with Gasteiger partial charge in [-0.15, -0.1) is 11.3 Å². The van der Waals surface area contributed by atoms with Crippen LogP contribution in [-0.2, 0) is 19.3 Å². The first kappa shape index (κ1) is 13.7. The van der Waals surface area contributed by atoms with Crippen LogP contribution in [0.4, 0.5) is 5.69 Å². The number of rotatable bonds is 4. The highest BCUT2D eigenvalue weighted by molar-refractivity contribution is 7.09. The maximum Gasteiger partial charge on any atom is 0.0349 e. The number of nitrogens with zero attached hydrogens (tertiary/aromatic N) is 1. The van der Waals surface area contributed by atoms with Crippen molar-refractivity contribution in [3.8, 4) is 0 Å². The molecule has 1 atom stereocenters. The Hall–Kier alpha value is -1.32. The fourth-order valence-electron chi connectivity index (χ4n) is 3.12. The molecule has 0 saturated carbocycles. The van der Waals surface area contributed by atoms with Crippen molar-refractivity contribution in [2.75, 3.05) is 19.3 Å². The summed E-state index contributed by atoms with van der Waals surface area (Å²) < 4.78 is 0. The number of thiophene rings is 1. The predicted molar refractivity (Wildman–Crippen MR) is 87.3 cm³/mol. The average Bonchev–Trinajstić information content (AvgIpc) is 2.98. The zero-order valence-corrected chi connectivity index (χ0v) is 12.8. The van der Waals surface area contributed by atoms with Crippen LogP contribution in [-0.4, -0.2) is 24.5 Å². The number of nitrogen functional groups attached to an aromatic ring is 1. The molecule has 0 saturated heterocycles. The van der Waals surface area contributed by atoms with Gasteiger partial charge in [-0.1, -0.05) is 18.2 Å². The Morgan fingerprint density at radius 3 is 3.00 bits per heavy atom. The van der Waals surface area contributed by atoms with Crippen LogP contribution in [0.15, 0.2) is 35.7 Å². The lowest BCUT2D eigenvalue weighted by Gasteiger charge is -2.33. The van der Waals surface area contributed by atoms with E-state index in [1.165, 1.54) is 22.4 Å². The van der Waals surface area contributed by atoms with Crippen LogP contribution in [0.1, 0.15) is 22.4 Å². The van der Waals surface area contributed by atoms with Crippen LogP contribution in [0.3, 0.4) is 0 Å². The third-order valence-corrected chi connectivity index (χ3v) is 5.34. The lowest BCUT2D eigenvalue weighted by Crippen LogP contribution is -2.37. The van der Waals surface area contributed by atoms with Crippen LogP contribution in [0, 0.1) is 0 Å². The molecule has 1 aliphatic rings. The predicted octanol–water partition coefficient (Wildman–Crippen LogP) is 3.36. The lowest BCUT2D eigenvalue weighted by molar-refractivity contribution is 0.225. The minimum atomic E-state index is 0.657. The van der Waals surface area contributed by atoms with Gasteiger partial charge in [0.05, 0.1) is 0 Å². The Balaban J connectivity index is 1.61. The summed E-state index contributed by atoms with van der Waals surface area (Å²) in [6.45, 7) is 1.14. The van der Waals surface area contributed by atoms with Crippen LogP contribution >= 0.6 is 11.3 Å². The van der Waals surface area contributed by atoms with Gasteiger partial charge in [0, 0.05) is 23.2 Å². The van der Waals surface area contributed by atoms with Gasteiger partial charge in [0.15, 0.2) is 0 Å². The van der Waals surface area contributed by atoms with Crippen molar-refractivity contribution in [1.29, 1.82) is 0 Å². The number of fused-ring (bicyclic) bond motifs is 1. The van der Waals surface area contributed by atoms with Gasteiger partial charge in [-0.25, -0.2) is 0 Å². The number of hydrogen-bond acceptors (Lipinski definition) is 3. The summed E-state index contributed by atoms with van der Waals surface area (Å²) in [5, 5.41) is 2.16. The number of nitrogens with two attached hydrogens (primary N) is 1. The normalized spacial score (nSPS) is 18.2. The SMILES string of the molecule is CN(CCc1cccs1)C1CCc2c(N)cccc2C1. The van der Waals surface area contributed by atoms with Gasteiger partial charge in [0.25, 0.3) is 0 Å². The number of benzene rings is 1. The highest BCUT2D eigenvalue weighted by Crippen LogP contribution is 2.28. The molecule has 3 heteroatoms. The smallest absolute Gasteiger partial charge is 0.0349 e. The highest BCUT2D eigenvalue weighted by Gasteiger charge is 2.22. The van der Waals surface area contributed by atoms with E-state index in [-0.39, 0.29) is 0 Å². The van der Waals surface area contributed by atoms with Gasteiger partial charge in [0.2, 0.25) is 0 Å². The largest absolute Gasteiger partial charge is 0.398 e. The average molecular weight is 286 g/mol. The monoisotopic (exact) mass is 286 g/mol. The molecule has 2 aromatic rings. The fraction of sp³-hybridized carbons (Fsp3) is 0.412. The second kappa shape index (κ2) is 5.98. The van der Waals surface area contributed by atoms with E-state index in [0.29, 0.717) is 6.04 Å². The lowest BCUT2D eigenvalue weighted by atomic mass is 9.86. The summed E-state index contributed by atoms with van der Waals surface area (Å²) >= 11 is 1.86. The van der Waals surface area contributed by atoms with Crippen LogP contribution in [0.25, 0.3) is 0 Å². The van der Waals surface area contributed by atoms with Gasteiger partial charge >= 0.3 is 0 Å². The molecule has 0 bridgehead atoms. The van der Waals surface area contributed by atoms with Crippen molar-refractivity contribution in [2.24, 2.45) is 0 Å². The van der Waals surface area contributed by atoms with E-state index in [4.69, 9.17) is 5.73 Å². The molecule has 0 fully saturated rings.